The van der Waals surface area contributed by atoms with Gasteiger partial charge in [-0.1, -0.05) is 30.3 Å². The summed E-state index contributed by atoms with van der Waals surface area (Å²) in [6, 6.07) is 11.2. The van der Waals surface area contributed by atoms with Gasteiger partial charge in [-0.05, 0) is 36.6 Å². The molecule has 0 heterocycles. The van der Waals surface area contributed by atoms with E-state index in [-0.39, 0.29) is 11.5 Å². The van der Waals surface area contributed by atoms with Crippen LogP contribution in [0.5, 0.6) is 11.5 Å². The first-order valence-corrected chi connectivity index (χ1v) is 5.19. The molecule has 0 bridgehead atoms. The topological polar surface area (TPSA) is 40.5 Å². The van der Waals surface area contributed by atoms with Gasteiger partial charge in [-0.25, -0.2) is 0 Å². The van der Waals surface area contributed by atoms with Crippen molar-refractivity contribution in [3.63, 3.8) is 0 Å². The van der Waals surface area contributed by atoms with Crippen molar-refractivity contribution in [3.8, 4) is 22.6 Å². The van der Waals surface area contributed by atoms with Gasteiger partial charge in [0.1, 0.15) is 0 Å². The standard InChI is InChI=1S/C14H14O2/c1-9-8-12(15)14(16)13(10(9)2)11-6-4-3-5-7-11/h3-8,15-16H,1-2H3. The Kier molecular flexibility index (Phi) is 2.57. The van der Waals surface area contributed by atoms with Gasteiger partial charge in [-0.15, -0.1) is 0 Å². The van der Waals surface area contributed by atoms with E-state index in [9.17, 15) is 10.2 Å². The first-order valence-electron chi connectivity index (χ1n) is 5.19. The Morgan fingerprint density at radius 1 is 0.938 bits per heavy atom. The monoisotopic (exact) mass is 214 g/mol. The highest BCUT2D eigenvalue weighted by molar-refractivity contribution is 5.77. The van der Waals surface area contributed by atoms with Crippen LogP contribution in [0, 0.1) is 13.8 Å². The van der Waals surface area contributed by atoms with Crippen LogP contribution in [0.1, 0.15) is 11.1 Å². The van der Waals surface area contributed by atoms with Crippen molar-refractivity contribution in [1.29, 1.82) is 0 Å². The summed E-state index contributed by atoms with van der Waals surface area (Å²) in [4.78, 5) is 0. The molecule has 2 heteroatoms. The second-order valence-electron chi connectivity index (χ2n) is 3.93. The van der Waals surface area contributed by atoms with Crippen LogP contribution in [-0.2, 0) is 0 Å². The number of benzene rings is 2. The lowest BCUT2D eigenvalue weighted by Gasteiger charge is -2.12. The average molecular weight is 214 g/mol. The second-order valence-corrected chi connectivity index (χ2v) is 3.93. The summed E-state index contributed by atoms with van der Waals surface area (Å²) in [5.74, 6) is -0.115. The maximum atomic E-state index is 9.91. The predicted molar refractivity (Wildman–Crippen MR) is 64.7 cm³/mol. The maximum absolute atomic E-state index is 9.91. The molecule has 0 saturated carbocycles. The lowest BCUT2D eigenvalue weighted by Crippen LogP contribution is -1.89. The van der Waals surface area contributed by atoms with Crippen LogP contribution in [-0.4, -0.2) is 10.2 Å². The van der Waals surface area contributed by atoms with E-state index in [1.165, 1.54) is 0 Å². The highest BCUT2D eigenvalue weighted by Crippen LogP contribution is 2.40. The zero-order valence-corrected chi connectivity index (χ0v) is 9.36. The molecule has 0 aliphatic carbocycles. The van der Waals surface area contributed by atoms with E-state index in [0.29, 0.717) is 5.56 Å². The molecule has 0 atom stereocenters. The normalized spacial score (nSPS) is 10.4. The molecule has 16 heavy (non-hydrogen) atoms. The number of hydrogen-bond donors (Lipinski definition) is 2. The molecule has 0 saturated heterocycles. The largest absolute Gasteiger partial charge is 0.504 e. The second kappa shape index (κ2) is 3.89. The molecule has 0 aliphatic heterocycles. The third-order valence-electron chi connectivity index (χ3n) is 2.86. The Balaban J connectivity index is 2.74. The molecule has 0 fully saturated rings. The SMILES string of the molecule is Cc1cc(O)c(O)c(-c2ccccc2)c1C. The molecule has 2 aromatic carbocycles. The van der Waals surface area contributed by atoms with Crippen LogP contribution in [0.25, 0.3) is 11.1 Å². The fourth-order valence-electron chi connectivity index (χ4n) is 1.84. The van der Waals surface area contributed by atoms with E-state index in [1.807, 2.05) is 44.2 Å². The molecule has 0 radical (unpaired) electrons. The molecule has 2 nitrogen and oxygen atoms in total. The quantitative estimate of drug-likeness (QED) is 0.714. The van der Waals surface area contributed by atoms with E-state index >= 15 is 0 Å². The molecule has 0 unspecified atom stereocenters. The summed E-state index contributed by atoms with van der Waals surface area (Å²) in [6.45, 7) is 3.86. The minimum Gasteiger partial charge on any atom is -0.504 e. The first kappa shape index (κ1) is 10.6. The van der Waals surface area contributed by atoms with Gasteiger partial charge in [0.2, 0.25) is 0 Å². The van der Waals surface area contributed by atoms with Crippen LogP contribution < -0.4 is 0 Å². The Hall–Kier alpha value is -1.96. The number of phenolic OH excluding ortho intramolecular Hbond substituents is 2. The minimum absolute atomic E-state index is 0.0469. The van der Waals surface area contributed by atoms with Gasteiger partial charge in [0, 0.05) is 5.56 Å². The summed E-state index contributed by atoms with van der Waals surface area (Å²) in [7, 11) is 0. The van der Waals surface area contributed by atoms with Crippen LogP contribution >= 0.6 is 0 Å². The number of aryl methyl sites for hydroxylation is 1. The van der Waals surface area contributed by atoms with Crippen molar-refractivity contribution >= 4 is 0 Å². The summed E-state index contributed by atoms with van der Waals surface area (Å²) in [6.07, 6.45) is 0. The summed E-state index contributed by atoms with van der Waals surface area (Å²) in [5, 5.41) is 19.5. The third kappa shape index (κ3) is 1.63. The Bertz CT molecular complexity index is 490. The summed E-state index contributed by atoms with van der Waals surface area (Å²) < 4.78 is 0. The number of aromatic hydroxyl groups is 2. The lowest BCUT2D eigenvalue weighted by molar-refractivity contribution is 0.404. The van der Waals surface area contributed by atoms with E-state index < -0.39 is 0 Å². The summed E-state index contributed by atoms with van der Waals surface area (Å²) >= 11 is 0. The Labute approximate surface area is 94.8 Å². The minimum atomic E-state index is -0.0676. The number of hydrogen-bond acceptors (Lipinski definition) is 2. The van der Waals surface area contributed by atoms with Crippen molar-refractivity contribution in [3.05, 3.63) is 47.5 Å². The van der Waals surface area contributed by atoms with E-state index in [1.54, 1.807) is 6.07 Å². The number of rotatable bonds is 1. The maximum Gasteiger partial charge on any atom is 0.165 e. The van der Waals surface area contributed by atoms with Gasteiger partial charge in [0.25, 0.3) is 0 Å². The third-order valence-corrected chi connectivity index (χ3v) is 2.86. The average Bonchev–Trinajstić information content (AvgIpc) is 2.28. The Morgan fingerprint density at radius 3 is 2.19 bits per heavy atom. The van der Waals surface area contributed by atoms with Crippen molar-refractivity contribution in [2.45, 2.75) is 13.8 Å². The Morgan fingerprint density at radius 2 is 1.56 bits per heavy atom. The van der Waals surface area contributed by atoms with Gasteiger partial charge < -0.3 is 10.2 Å². The van der Waals surface area contributed by atoms with E-state index in [4.69, 9.17) is 0 Å². The van der Waals surface area contributed by atoms with E-state index in [2.05, 4.69) is 0 Å². The van der Waals surface area contributed by atoms with Gasteiger partial charge in [-0.3, -0.25) is 0 Å². The van der Waals surface area contributed by atoms with Gasteiger partial charge in [-0.2, -0.15) is 0 Å². The van der Waals surface area contributed by atoms with Crippen molar-refractivity contribution < 1.29 is 10.2 Å². The van der Waals surface area contributed by atoms with Crippen LogP contribution in [0.4, 0.5) is 0 Å². The molecule has 0 spiro atoms. The summed E-state index contributed by atoms with van der Waals surface area (Å²) in [5.41, 5.74) is 3.57. The van der Waals surface area contributed by atoms with E-state index in [0.717, 1.165) is 16.7 Å². The van der Waals surface area contributed by atoms with Crippen molar-refractivity contribution in [1.82, 2.24) is 0 Å². The molecule has 0 amide bonds. The first-order chi connectivity index (χ1) is 7.61. The lowest BCUT2D eigenvalue weighted by atomic mass is 9.95. The molecule has 82 valence electrons. The zero-order valence-electron chi connectivity index (χ0n) is 9.36. The fraction of sp³-hybridized carbons (Fsp3) is 0.143. The van der Waals surface area contributed by atoms with Crippen LogP contribution in [0.2, 0.25) is 0 Å². The molecule has 2 aromatic rings. The smallest absolute Gasteiger partial charge is 0.165 e. The van der Waals surface area contributed by atoms with Gasteiger partial charge in [0.05, 0.1) is 0 Å². The van der Waals surface area contributed by atoms with Crippen molar-refractivity contribution in [2.75, 3.05) is 0 Å². The molecular formula is C14H14O2. The molecule has 2 rings (SSSR count). The predicted octanol–water partition coefficient (Wildman–Crippen LogP) is 3.38. The highest BCUT2D eigenvalue weighted by atomic mass is 16.3. The molecular weight excluding hydrogens is 200 g/mol. The van der Waals surface area contributed by atoms with Crippen molar-refractivity contribution in [2.24, 2.45) is 0 Å². The number of phenols is 2. The molecule has 0 aromatic heterocycles. The molecule has 2 N–H and O–H groups in total. The highest BCUT2D eigenvalue weighted by Gasteiger charge is 2.13. The zero-order chi connectivity index (χ0) is 11.7. The van der Waals surface area contributed by atoms with Crippen LogP contribution in [0.3, 0.4) is 0 Å². The molecule has 0 aliphatic rings. The van der Waals surface area contributed by atoms with Gasteiger partial charge >= 0.3 is 0 Å². The van der Waals surface area contributed by atoms with Crippen LogP contribution in [0.15, 0.2) is 36.4 Å². The van der Waals surface area contributed by atoms with Gasteiger partial charge in [0.15, 0.2) is 11.5 Å². The fourth-order valence-corrected chi connectivity index (χ4v) is 1.84.